The Kier molecular flexibility index (Phi) is 3.51. The highest BCUT2D eigenvalue weighted by molar-refractivity contribution is 6.33. The van der Waals surface area contributed by atoms with E-state index in [-0.39, 0.29) is 6.04 Å². The van der Waals surface area contributed by atoms with Gasteiger partial charge in [-0.25, -0.2) is 0 Å². The summed E-state index contributed by atoms with van der Waals surface area (Å²) in [6, 6.07) is 1.75. The molecule has 4 heteroatoms. The van der Waals surface area contributed by atoms with E-state index in [9.17, 15) is 5.11 Å². The fourth-order valence-electron chi connectivity index (χ4n) is 0.858. The number of halogens is 1. The number of anilines is 1. The van der Waals surface area contributed by atoms with Crippen molar-refractivity contribution >= 4 is 17.3 Å². The van der Waals surface area contributed by atoms with E-state index >= 15 is 0 Å². The van der Waals surface area contributed by atoms with Gasteiger partial charge in [0.05, 0.1) is 16.8 Å². The Bertz CT molecular complexity index is 278. The number of aromatic nitrogens is 1. The van der Waals surface area contributed by atoms with Gasteiger partial charge in [-0.3, -0.25) is 4.98 Å². The fraction of sp³-hybridized carbons (Fsp3) is 0.444. The number of rotatable bonds is 3. The standard InChI is InChI=1S/C9H13ClN2O/c1-6(7(2)13)12-9-3-4-11-5-8(9)10/h3-7,13H,1-2H3,(H,11,12). The van der Waals surface area contributed by atoms with E-state index < -0.39 is 6.10 Å². The van der Waals surface area contributed by atoms with Crippen LogP contribution in [0, 0.1) is 0 Å². The van der Waals surface area contributed by atoms with Crippen molar-refractivity contribution in [3.8, 4) is 0 Å². The molecule has 0 radical (unpaired) electrons. The molecule has 0 amide bonds. The molecule has 0 aliphatic heterocycles. The zero-order valence-electron chi connectivity index (χ0n) is 7.66. The van der Waals surface area contributed by atoms with Gasteiger partial charge in [-0.15, -0.1) is 0 Å². The minimum Gasteiger partial charge on any atom is -0.391 e. The Balaban J connectivity index is 2.69. The SMILES string of the molecule is CC(O)C(C)Nc1ccncc1Cl. The van der Waals surface area contributed by atoms with Crippen molar-refractivity contribution in [3.05, 3.63) is 23.5 Å². The maximum Gasteiger partial charge on any atom is 0.0820 e. The van der Waals surface area contributed by atoms with Crippen LogP contribution >= 0.6 is 11.6 Å². The summed E-state index contributed by atoms with van der Waals surface area (Å²) in [6.07, 6.45) is 2.81. The maximum atomic E-state index is 9.25. The van der Waals surface area contributed by atoms with Crippen LogP contribution in [0.25, 0.3) is 0 Å². The van der Waals surface area contributed by atoms with Gasteiger partial charge >= 0.3 is 0 Å². The van der Waals surface area contributed by atoms with Crippen LogP contribution in [0.1, 0.15) is 13.8 Å². The van der Waals surface area contributed by atoms with Crippen LogP contribution in [-0.2, 0) is 0 Å². The Morgan fingerprint density at radius 1 is 1.54 bits per heavy atom. The van der Waals surface area contributed by atoms with Crippen molar-refractivity contribution in [1.82, 2.24) is 4.98 Å². The van der Waals surface area contributed by atoms with E-state index in [2.05, 4.69) is 10.3 Å². The van der Waals surface area contributed by atoms with Gasteiger partial charge in [0.15, 0.2) is 0 Å². The average Bonchev–Trinajstić information content (AvgIpc) is 2.08. The maximum absolute atomic E-state index is 9.25. The summed E-state index contributed by atoms with van der Waals surface area (Å²) in [5.74, 6) is 0. The number of nitrogens with one attached hydrogen (secondary N) is 1. The average molecular weight is 201 g/mol. The third-order valence-electron chi connectivity index (χ3n) is 1.88. The molecule has 1 aromatic heterocycles. The summed E-state index contributed by atoms with van der Waals surface area (Å²) in [6.45, 7) is 3.62. The first kappa shape index (κ1) is 10.3. The molecule has 1 rings (SSSR count). The van der Waals surface area contributed by atoms with E-state index in [4.69, 9.17) is 11.6 Å². The Hall–Kier alpha value is -0.800. The van der Waals surface area contributed by atoms with E-state index in [0.29, 0.717) is 5.02 Å². The number of aliphatic hydroxyl groups is 1. The molecule has 0 aliphatic rings. The molecule has 0 aromatic carbocycles. The molecule has 0 bridgehead atoms. The zero-order valence-corrected chi connectivity index (χ0v) is 8.42. The molecule has 1 heterocycles. The van der Waals surface area contributed by atoms with Gasteiger partial charge < -0.3 is 10.4 Å². The minimum absolute atomic E-state index is 0.0279. The predicted molar refractivity (Wildman–Crippen MR) is 54.0 cm³/mol. The molecule has 1 aromatic rings. The second-order valence-corrected chi connectivity index (χ2v) is 3.44. The van der Waals surface area contributed by atoms with Crippen molar-refractivity contribution < 1.29 is 5.11 Å². The first-order valence-corrected chi connectivity index (χ1v) is 4.53. The molecule has 2 unspecified atom stereocenters. The lowest BCUT2D eigenvalue weighted by molar-refractivity contribution is 0.178. The number of pyridine rings is 1. The van der Waals surface area contributed by atoms with Gasteiger partial charge in [-0.1, -0.05) is 11.6 Å². The van der Waals surface area contributed by atoms with Gasteiger partial charge in [0.2, 0.25) is 0 Å². The Labute approximate surface area is 82.8 Å². The largest absolute Gasteiger partial charge is 0.391 e. The molecule has 0 spiro atoms. The van der Waals surface area contributed by atoms with Crippen LogP contribution in [0.2, 0.25) is 5.02 Å². The lowest BCUT2D eigenvalue weighted by atomic mass is 10.2. The molecule has 13 heavy (non-hydrogen) atoms. The van der Waals surface area contributed by atoms with Crippen LogP contribution in [0.5, 0.6) is 0 Å². The fourth-order valence-corrected chi connectivity index (χ4v) is 1.03. The highest BCUT2D eigenvalue weighted by atomic mass is 35.5. The van der Waals surface area contributed by atoms with E-state index in [1.165, 1.54) is 0 Å². The highest BCUT2D eigenvalue weighted by Gasteiger charge is 2.09. The monoisotopic (exact) mass is 200 g/mol. The zero-order chi connectivity index (χ0) is 9.84. The summed E-state index contributed by atoms with van der Waals surface area (Å²) < 4.78 is 0. The predicted octanol–water partition coefficient (Wildman–Crippen LogP) is 1.92. The van der Waals surface area contributed by atoms with Gasteiger partial charge in [0.25, 0.3) is 0 Å². The van der Waals surface area contributed by atoms with Crippen molar-refractivity contribution in [2.24, 2.45) is 0 Å². The number of hydrogen-bond acceptors (Lipinski definition) is 3. The molecule has 0 fully saturated rings. The molecule has 2 N–H and O–H groups in total. The third kappa shape index (κ3) is 2.86. The molecular weight excluding hydrogens is 188 g/mol. The second kappa shape index (κ2) is 4.44. The third-order valence-corrected chi connectivity index (χ3v) is 2.18. The smallest absolute Gasteiger partial charge is 0.0820 e. The topological polar surface area (TPSA) is 45.1 Å². The van der Waals surface area contributed by atoms with Gasteiger partial charge in [0, 0.05) is 18.4 Å². The second-order valence-electron chi connectivity index (χ2n) is 3.03. The van der Waals surface area contributed by atoms with Crippen LogP contribution in [0.4, 0.5) is 5.69 Å². The lowest BCUT2D eigenvalue weighted by Crippen LogP contribution is -2.27. The van der Waals surface area contributed by atoms with Crippen LogP contribution in [0.3, 0.4) is 0 Å². The van der Waals surface area contributed by atoms with Crippen LogP contribution in [0.15, 0.2) is 18.5 Å². The summed E-state index contributed by atoms with van der Waals surface area (Å²) in [5, 5.41) is 12.9. The van der Waals surface area contributed by atoms with E-state index in [1.807, 2.05) is 6.92 Å². The summed E-state index contributed by atoms with van der Waals surface area (Å²) >= 11 is 5.87. The van der Waals surface area contributed by atoms with Crippen LogP contribution in [-0.4, -0.2) is 22.2 Å². The van der Waals surface area contributed by atoms with Crippen molar-refractivity contribution in [2.75, 3.05) is 5.32 Å². The molecule has 0 saturated heterocycles. The van der Waals surface area contributed by atoms with Gasteiger partial charge in [-0.2, -0.15) is 0 Å². The first-order chi connectivity index (χ1) is 6.11. The summed E-state index contributed by atoms with van der Waals surface area (Å²) in [5.41, 5.74) is 0.796. The summed E-state index contributed by atoms with van der Waals surface area (Å²) in [4.78, 5) is 3.86. The number of hydrogen-bond donors (Lipinski definition) is 2. The van der Waals surface area contributed by atoms with Gasteiger partial charge in [0.1, 0.15) is 0 Å². The van der Waals surface area contributed by atoms with Crippen molar-refractivity contribution in [1.29, 1.82) is 0 Å². The number of nitrogens with zero attached hydrogens (tertiary/aromatic N) is 1. The minimum atomic E-state index is -0.413. The highest BCUT2D eigenvalue weighted by Crippen LogP contribution is 2.20. The van der Waals surface area contributed by atoms with E-state index in [1.54, 1.807) is 25.4 Å². The normalized spacial score (nSPS) is 15.1. The molecule has 0 aliphatic carbocycles. The molecular formula is C9H13ClN2O. The molecule has 72 valence electrons. The molecule has 0 saturated carbocycles. The Morgan fingerprint density at radius 2 is 2.23 bits per heavy atom. The molecule has 3 nitrogen and oxygen atoms in total. The van der Waals surface area contributed by atoms with Gasteiger partial charge in [-0.05, 0) is 19.9 Å². The van der Waals surface area contributed by atoms with E-state index in [0.717, 1.165) is 5.69 Å². The summed E-state index contributed by atoms with van der Waals surface area (Å²) in [7, 11) is 0. The number of aliphatic hydroxyl groups excluding tert-OH is 1. The Morgan fingerprint density at radius 3 is 2.77 bits per heavy atom. The quantitative estimate of drug-likeness (QED) is 0.784. The van der Waals surface area contributed by atoms with Crippen molar-refractivity contribution in [3.63, 3.8) is 0 Å². The van der Waals surface area contributed by atoms with Crippen LogP contribution < -0.4 is 5.32 Å². The molecule has 2 atom stereocenters. The van der Waals surface area contributed by atoms with Crippen molar-refractivity contribution in [2.45, 2.75) is 26.0 Å². The lowest BCUT2D eigenvalue weighted by Gasteiger charge is -2.18. The first-order valence-electron chi connectivity index (χ1n) is 4.15.